The van der Waals surface area contributed by atoms with E-state index in [1.54, 1.807) is 48.5 Å². The highest BCUT2D eigenvalue weighted by atomic mass is 32.1. The Hall–Kier alpha value is -3.27. The summed E-state index contributed by atoms with van der Waals surface area (Å²) < 4.78 is 43.2. The van der Waals surface area contributed by atoms with Crippen LogP contribution in [-0.2, 0) is 6.18 Å². The highest BCUT2D eigenvalue weighted by Gasteiger charge is 2.36. The Morgan fingerprint density at radius 2 is 1.85 bits per heavy atom. The van der Waals surface area contributed by atoms with Gasteiger partial charge in [-0.25, -0.2) is 4.98 Å². The molecule has 2 aromatic heterocycles. The van der Waals surface area contributed by atoms with E-state index in [0.717, 1.165) is 0 Å². The van der Waals surface area contributed by atoms with Crippen LogP contribution in [0.2, 0.25) is 0 Å². The summed E-state index contributed by atoms with van der Waals surface area (Å²) in [5.41, 5.74) is 0.776. The molecule has 6 nitrogen and oxygen atoms in total. The molecule has 4 aromatic rings. The Bertz CT molecular complexity index is 1190. The fraction of sp³-hybridized carbons (Fsp3) is 0.0588. The van der Waals surface area contributed by atoms with E-state index in [1.807, 2.05) is 0 Å². The number of nitrogens with one attached hydrogen (secondary N) is 1. The first-order valence-electron chi connectivity index (χ1n) is 7.58. The van der Waals surface area contributed by atoms with E-state index < -0.39 is 11.2 Å². The number of ether oxygens (including phenoxy) is 1. The maximum Gasteiger partial charge on any atom is 0.445 e. The lowest BCUT2D eigenvalue weighted by Crippen LogP contribution is -2.09. The van der Waals surface area contributed by atoms with Gasteiger partial charge in [0.05, 0.1) is 10.9 Å². The molecule has 0 amide bonds. The van der Waals surface area contributed by atoms with Crippen LogP contribution in [0.4, 0.5) is 13.2 Å². The Kier molecular flexibility index (Phi) is 4.11. The number of alkyl halides is 3. The topological polar surface area (TPSA) is 80.8 Å². The van der Waals surface area contributed by atoms with Gasteiger partial charge in [-0.2, -0.15) is 13.2 Å². The number of aromatic amines is 1. The molecule has 136 valence electrons. The number of benzene rings is 2. The van der Waals surface area contributed by atoms with Gasteiger partial charge in [0, 0.05) is 5.56 Å². The number of halogens is 3. The molecule has 1 N–H and O–H groups in total. The van der Waals surface area contributed by atoms with Crippen molar-refractivity contribution in [1.82, 2.24) is 20.2 Å². The second-order valence-corrected chi connectivity index (χ2v) is 6.37. The largest absolute Gasteiger partial charge is 0.445 e. The first-order valence-corrected chi connectivity index (χ1v) is 8.40. The minimum Gasteiger partial charge on any atom is -0.430 e. The number of fused-ring (bicyclic) bond motifs is 1. The van der Waals surface area contributed by atoms with Gasteiger partial charge in [-0.1, -0.05) is 40.7 Å². The minimum atomic E-state index is -4.57. The molecule has 2 heterocycles. The SMILES string of the molecule is O=c1[nH]c(-c2cccc(Oc3nnc(C(F)(F)F)s3)c2)nc2ccccc12. The Morgan fingerprint density at radius 3 is 2.63 bits per heavy atom. The van der Waals surface area contributed by atoms with Gasteiger partial charge < -0.3 is 9.72 Å². The van der Waals surface area contributed by atoms with Crippen molar-refractivity contribution < 1.29 is 17.9 Å². The third kappa shape index (κ3) is 3.51. The van der Waals surface area contributed by atoms with Crippen LogP contribution in [0, 0.1) is 0 Å². The maximum atomic E-state index is 12.6. The van der Waals surface area contributed by atoms with Crippen LogP contribution < -0.4 is 10.3 Å². The van der Waals surface area contributed by atoms with E-state index in [1.165, 1.54) is 0 Å². The van der Waals surface area contributed by atoms with Gasteiger partial charge in [-0.05, 0) is 24.3 Å². The van der Waals surface area contributed by atoms with Crippen molar-refractivity contribution in [3.8, 4) is 22.3 Å². The maximum absolute atomic E-state index is 12.6. The van der Waals surface area contributed by atoms with E-state index in [-0.39, 0.29) is 16.5 Å². The number of aromatic nitrogens is 4. The zero-order chi connectivity index (χ0) is 19.0. The summed E-state index contributed by atoms with van der Waals surface area (Å²) in [6.07, 6.45) is -4.57. The van der Waals surface area contributed by atoms with Crippen LogP contribution >= 0.6 is 11.3 Å². The highest BCUT2D eigenvalue weighted by molar-refractivity contribution is 7.13. The number of H-pyrrole nitrogens is 1. The van der Waals surface area contributed by atoms with Gasteiger partial charge in [0.15, 0.2) is 0 Å². The van der Waals surface area contributed by atoms with Crippen LogP contribution in [0.5, 0.6) is 10.9 Å². The van der Waals surface area contributed by atoms with Gasteiger partial charge in [0.2, 0.25) is 5.01 Å². The van der Waals surface area contributed by atoms with Crippen LogP contribution in [0.3, 0.4) is 0 Å². The summed E-state index contributed by atoms with van der Waals surface area (Å²) in [6.45, 7) is 0. The summed E-state index contributed by atoms with van der Waals surface area (Å²) in [7, 11) is 0. The molecule has 2 aromatic carbocycles. The molecule has 0 unspecified atom stereocenters. The van der Waals surface area contributed by atoms with Gasteiger partial charge in [-0.15, -0.1) is 5.10 Å². The van der Waals surface area contributed by atoms with Gasteiger partial charge in [0.1, 0.15) is 11.6 Å². The lowest BCUT2D eigenvalue weighted by molar-refractivity contribution is -0.138. The van der Waals surface area contributed by atoms with E-state index >= 15 is 0 Å². The monoisotopic (exact) mass is 390 g/mol. The number of hydrogen-bond donors (Lipinski definition) is 1. The molecular formula is C17H9F3N4O2S. The van der Waals surface area contributed by atoms with Crippen molar-refractivity contribution in [2.45, 2.75) is 6.18 Å². The smallest absolute Gasteiger partial charge is 0.430 e. The third-order valence-electron chi connectivity index (χ3n) is 3.57. The van der Waals surface area contributed by atoms with E-state index in [9.17, 15) is 18.0 Å². The molecule has 0 spiro atoms. The van der Waals surface area contributed by atoms with Gasteiger partial charge in [0.25, 0.3) is 10.8 Å². The molecule has 0 aliphatic carbocycles. The zero-order valence-electron chi connectivity index (χ0n) is 13.3. The zero-order valence-corrected chi connectivity index (χ0v) is 14.1. The third-order valence-corrected chi connectivity index (χ3v) is 4.42. The predicted molar refractivity (Wildman–Crippen MR) is 92.8 cm³/mol. The van der Waals surface area contributed by atoms with Crippen molar-refractivity contribution >= 4 is 22.2 Å². The molecule has 0 saturated carbocycles. The first kappa shape index (κ1) is 17.2. The van der Waals surface area contributed by atoms with Crippen molar-refractivity contribution in [2.24, 2.45) is 0 Å². The van der Waals surface area contributed by atoms with E-state index in [2.05, 4.69) is 20.2 Å². The minimum absolute atomic E-state index is 0.237. The standard InChI is InChI=1S/C17H9F3N4O2S/c18-17(19,20)15-23-24-16(27-15)26-10-5-3-4-9(8-10)13-21-12-7-2-1-6-11(12)14(25)22-13/h1-8H,(H,21,22,25). The Labute approximate surface area is 153 Å². The van der Waals surface area contributed by atoms with Crippen LogP contribution in [0.25, 0.3) is 22.3 Å². The molecule has 0 aliphatic heterocycles. The highest BCUT2D eigenvalue weighted by Crippen LogP contribution is 2.35. The van der Waals surface area contributed by atoms with Crippen molar-refractivity contribution in [3.05, 3.63) is 63.9 Å². The fourth-order valence-electron chi connectivity index (χ4n) is 2.40. The molecule has 0 bridgehead atoms. The molecule has 4 rings (SSSR count). The van der Waals surface area contributed by atoms with E-state index in [0.29, 0.717) is 33.6 Å². The van der Waals surface area contributed by atoms with Crippen molar-refractivity contribution in [2.75, 3.05) is 0 Å². The number of para-hydroxylation sites is 1. The number of rotatable bonds is 3. The summed E-state index contributed by atoms with van der Waals surface area (Å²) >= 11 is 0.298. The molecular weight excluding hydrogens is 381 g/mol. The average molecular weight is 390 g/mol. The van der Waals surface area contributed by atoms with Gasteiger partial charge >= 0.3 is 6.18 Å². The predicted octanol–water partition coefficient (Wildman–Crippen LogP) is 4.25. The van der Waals surface area contributed by atoms with Crippen LogP contribution in [-0.4, -0.2) is 20.2 Å². The van der Waals surface area contributed by atoms with E-state index in [4.69, 9.17) is 4.74 Å². The molecule has 0 saturated heterocycles. The first-order chi connectivity index (χ1) is 12.9. The average Bonchev–Trinajstić information content (AvgIpc) is 3.11. The lowest BCUT2D eigenvalue weighted by atomic mass is 10.2. The van der Waals surface area contributed by atoms with Crippen molar-refractivity contribution in [1.29, 1.82) is 0 Å². The molecule has 0 fully saturated rings. The summed E-state index contributed by atoms with van der Waals surface area (Å²) in [5.74, 6) is 0.561. The molecule has 27 heavy (non-hydrogen) atoms. The number of hydrogen-bond acceptors (Lipinski definition) is 6. The summed E-state index contributed by atoms with van der Waals surface area (Å²) in [4.78, 5) is 19.3. The van der Waals surface area contributed by atoms with Crippen LogP contribution in [0.15, 0.2) is 53.3 Å². The van der Waals surface area contributed by atoms with Gasteiger partial charge in [-0.3, -0.25) is 4.79 Å². The second kappa shape index (κ2) is 6.47. The summed E-state index contributed by atoms with van der Waals surface area (Å²) in [5, 5.41) is 5.59. The van der Waals surface area contributed by atoms with Crippen molar-refractivity contribution in [3.63, 3.8) is 0 Å². The molecule has 10 heteroatoms. The quantitative estimate of drug-likeness (QED) is 0.566. The Balaban J connectivity index is 1.67. The molecule has 0 aliphatic rings. The second-order valence-electron chi connectivity index (χ2n) is 5.43. The number of nitrogens with zero attached hydrogens (tertiary/aromatic N) is 3. The molecule has 0 atom stereocenters. The lowest BCUT2D eigenvalue weighted by Gasteiger charge is -2.06. The Morgan fingerprint density at radius 1 is 1.04 bits per heavy atom. The van der Waals surface area contributed by atoms with Crippen LogP contribution in [0.1, 0.15) is 5.01 Å². The normalized spacial score (nSPS) is 11.7. The fourth-order valence-corrected chi connectivity index (χ4v) is 2.98. The summed E-state index contributed by atoms with van der Waals surface area (Å²) in [6, 6.07) is 13.3. The molecule has 0 radical (unpaired) electrons.